The molecule has 0 bridgehead atoms. The second-order valence-electron chi connectivity index (χ2n) is 4.93. The minimum atomic E-state index is -0.284. The van der Waals surface area contributed by atoms with Gasteiger partial charge in [0.25, 0.3) is 0 Å². The molecule has 2 aromatic rings. The molecule has 0 spiro atoms. The van der Waals surface area contributed by atoms with E-state index in [0.717, 1.165) is 30.6 Å². The largest absolute Gasteiger partial charge is 0.488 e. The molecule has 1 aliphatic rings. The Morgan fingerprint density at radius 2 is 2.11 bits per heavy atom. The number of fused-ring (bicyclic) bond motifs is 1. The van der Waals surface area contributed by atoms with Crippen molar-refractivity contribution in [2.24, 2.45) is 0 Å². The first-order valence-electron chi connectivity index (χ1n) is 6.77. The second kappa shape index (κ2) is 5.35. The van der Waals surface area contributed by atoms with Crippen molar-refractivity contribution in [3.63, 3.8) is 0 Å². The first kappa shape index (κ1) is 12.7. The van der Waals surface area contributed by atoms with Crippen molar-refractivity contribution in [3.05, 3.63) is 51.2 Å². The Hall–Kier alpha value is -1.32. The van der Waals surface area contributed by atoms with Gasteiger partial charge in [0, 0.05) is 9.75 Å². The molecule has 0 saturated heterocycles. The number of aliphatic hydroxyl groups is 1. The molecular formula is C16H18O2S. The van der Waals surface area contributed by atoms with Crippen LogP contribution in [0.1, 0.15) is 40.3 Å². The Balaban J connectivity index is 1.67. The van der Waals surface area contributed by atoms with Gasteiger partial charge in [0.1, 0.15) is 12.4 Å². The van der Waals surface area contributed by atoms with E-state index in [1.165, 1.54) is 15.3 Å². The molecule has 1 atom stereocenters. The van der Waals surface area contributed by atoms with Crippen LogP contribution in [-0.4, -0.2) is 5.11 Å². The summed E-state index contributed by atoms with van der Waals surface area (Å²) in [6, 6.07) is 10.3. The SMILES string of the molecule is CCc1ccc(COc2ccc3c(c2)CC[C@H]3O)s1. The van der Waals surface area contributed by atoms with Gasteiger partial charge in [-0.1, -0.05) is 13.0 Å². The van der Waals surface area contributed by atoms with E-state index in [4.69, 9.17) is 4.74 Å². The van der Waals surface area contributed by atoms with Crippen molar-refractivity contribution >= 4 is 11.3 Å². The molecule has 0 radical (unpaired) electrons. The standard InChI is InChI=1S/C16H18O2S/c1-2-13-5-6-14(19-13)10-18-12-4-7-15-11(9-12)3-8-16(15)17/h4-7,9,16-17H,2-3,8,10H2,1H3/t16-/m1/s1. The predicted octanol–water partition coefficient (Wildman–Crippen LogP) is 3.87. The van der Waals surface area contributed by atoms with E-state index in [2.05, 4.69) is 25.1 Å². The summed E-state index contributed by atoms with van der Waals surface area (Å²) in [6.07, 6.45) is 2.59. The van der Waals surface area contributed by atoms with Gasteiger partial charge in [0.2, 0.25) is 0 Å². The lowest BCUT2D eigenvalue weighted by Gasteiger charge is -2.08. The van der Waals surface area contributed by atoms with Crippen molar-refractivity contribution in [3.8, 4) is 5.75 Å². The van der Waals surface area contributed by atoms with E-state index in [9.17, 15) is 5.11 Å². The topological polar surface area (TPSA) is 29.5 Å². The molecule has 0 unspecified atom stereocenters. The van der Waals surface area contributed by atoms with Crippen molar-refractivity contribution in [2.75, 3.05) is 0 Å². The Kier molecular flexibility index (Phi) is 3.58. The number of benzene rings is 1. The number of aliphatic hydroxyl groups excluding tert-OH is 1. The second-order valence-corrected chi connectivity index (χ2v) is 6.18. The third-order valence-corrected chi connectivity index (χ3v) is 4.81. The Morgan fingerprint density at radius 1 is 1.26 bits per heavy atom. The Bertz CT molecular complexity index is 574. The molecule has 19 heavy (non-hydrogen) atoms. The zero-order valence-corrected chi connectivity index (χ0v) is 11.9. The monoisotopic (exact) mass is 274 g/mol. The van der Waals surface area contributed by atoms with Crippen LogP contribution in [0.2, 0.25) is 0 Å². The maximum Gasteiger partial charge on any atom is 0.122 e. The van der Waals surface area contributed by atoms with Crippen LogP contribution in [-0.2, 0) is 19.4 Å². The van der Waals surface area contributed by atoms with Crippen LogP contribution >= 0.6 is 11.3 Å². The van der Waals surface area contributed by atoms with Crippen molar-refractivity contribution in [2.45, 2.75) is 38.9 Å². The Morgan fingerprint density at radius 3 is 2.89 bits per heavy atom. The third kappa shape index (κ3) is 2.67. The molecule has 100 valence electrons. The fraction of sp³-hybridized carbons (Fsp3) is 0.375. The molecule has 0 amide bonds. The number of hydrogen-bond acceptors (Lipinski definition) is 3. The van der Waals surface area contributed by atoms with Crippen LogP contribution in [0.25, 0.3) is 0 Å². The molecule has 1 aromatic carbocycles. The summed E-state index contributed by atoms with van der Waals surface area (Å²) < 4.78 is 5.84. The molecule has 2 nitrogen and oxygen atoms in total. The van der Waals surface area contributed by atoms with Gasteiger partial charge in [-0.2, -0.15) is 0 Å². The van der Waals surface area contributed by atoms with Gasteiger partial charge in [0.15, 0.2) is 0 Å². The molecule has 3 heteroatoms. The van der Waals surface area contributed by atoms with Gasteiger partial charge in [-0.15, -0.1) is 11.3 Å². The predicted molar refractivity (Wildman–Crippen MR) is 77.8 cm³/mol. The van der Waals surface area contributed by atoms with Crippen molar-refractivity contribution in [1.29, 1.82) is 0 Å². The number of aryl methyl sites for hydroxylation is 2. The van der Waals surface area contributed by atoms with Gasteiger partial charge in [-0.05, 0) is 54.7 Å². The number of hydrogen-bond donors (Lipinski definition) is 1. The fourth-order valence-corrected chi connectivity index (χ4v) is 3.38. The van der Waals surface area contributed by atoms with Crippen molar-refractivity contribution in [1.82, 2.24) is 0 Å². The molecule has 0 fully saturated rings. The van der Waals surface area contributed by atoms with Gasteiger partial charge in [-0.25, -0.2) is 0 Å². The van der Waals surface area contributed by atoms with E-state index in [0.29, 0.717) is 6.61 Å². The molecule has 0 aliphatic heterocycles. The molecule has 1 aliphatic carbocycles. The maximum atomic E-state index is 9.77. The average Bonchev–Trinajstić information content (AvgIpc) is 3.03. The first-order valence-corrected chi connectivity index (χ1v) is 7.59. The number of thiophene rings is 1. The normalized spacial score (nSPS) is 17.5. The van der Waals surface area contributed by atoms with Crippen LogP contribution in [0.5, 0.6) is 5.75 Å². The lowest BCUT2D eigenvalue weighted by molar-refractivity contribution is 0.180. The number of ether oxygens (including phenoxy) is 1. The minimum Gasteiger partial charge on any atom is -0.488 e. The summed E-state index contributed by atoms with van der Waals surface area (Å²) in [5.41, 5.74) is 2.29. The van der Waals surface area contributed by atoms with E-state index in [1.807, 2.05) is 23.5 Å². The highest BCUT2D eigenvalue weighted by Crippen LogP contribution is 2.33. The van der Waals surface area contributed by atoms with E-state index in [1.54, 1.807) is 0 Å². The molecule has 1 heterocycles. The summed E-state index contributed by atoms with van der Waals surface area (Å²) in [6.45, 7) is 2.80. The maximum absolute atomic E-state index is 9.77. The van der Waals surface area contributed by atoms with Crippen molar-refractivity contribution < 1.29 is 9.84 Å². The quantitative estimate of drug-likeness (QED) is 0.917. The highest BCUT2D eigenvalue weighted by Gasteiger charge is 2.20. The summed E-state index contributed by atoms with van der Waals surface area (Å²) in [4.78, 5) is 2.66. The van der Waals surface area contributed by atoms with Gasteiger partial charge in [0.05, 0.1) is 6.10 Å². The third-order valence-electron chi connectivity index (χ3n) is 3.61. The first-order chi connectivity index (χ1) is 9.26. The lowest BCUT2D eigenvalue weighted by atomic mass is 10.1. The van der Waals surface area contributed by atoms with Crippen LogP contribution in [0.4, 0.5) is 0 Å². The summed E-state index contributed by atoms with van der Waals surface area (Å²) in [7, 11) is 0. The fourth-order valence-electron chi connectivity index (χ4n) is 2.51. The summed E-state index contributed by atoms with van der Waals surface area (Å²) in [5, 5.41) is 9.77. The zero-order chi connectivity index (χ0) is 13.2. The summed E-state index contributed by atoms with van der Waals surface area (Å²) in [5.74, 6) is 0.902. The zero-order valence-electron chi connectivity index (χ0n) is 11.1. The average molecular weight is 274 g/mol. The number of rotatable bonds is 4. The van der Waals surface area contributed by atoms with Gasteiger partial charge < -0.3 is 9.84 Å². The Labute approximate surface area is 117 Å². The van der Waals surface area contributed by atoms with Crippen LogP contribution in [0.15, 0.2) is 30.3 Å². The summed E-state index contributed by atoms with van der Waals surface area (Å²) >= 11 is 1.81. The van der Waals surface area contributed by atoms with Gasteiger partial charge in [-0.3, -0.25) is 0 Å². The minimum absolute atomic E-state index is 0.284. The molecular weight excluding hydrogens is 256 g/mol. The molecule has 1 aromatic heterocycles. The molecule has 3 rings (SSSR count). The van der Waals surface area contributed by atoms with E-state index < -0.39 is 0 Å². The highest BCUT2D eigenvalue weighted by atomic mass is 32.1. The van der Waals surface area contributed by atoms with Crippen LogP contribution in [0.3, 0.4) is 0 Å². The molecule has 1 N–H and O–H groups in total. The van der Waals surface area contributed by atoms with Crippen LogP contribution in [0, 0.1) is 0 Å². The molecule has 0 saturated carbocycles. The van der Waals surface area contributed by atoms with Gasteiger partial charge >= 0.3 is 0 Å². The smallest absolute Gasteiger partial charge is 0.122 e. The van der Waals surface area contributed by atoms with E-state index in [-0.39, 0.29) is 6.10 Å². The van der Waals surface area contributed by atoms with E-state index >= 15 is 0 Å². The highest BCUT2D eigenvalue weighted by molar-refractivity contribution is 7.11. The van der Waals surface area contributed by atoms with Crippen LogP contribution < -0.4 is 4.74 Å². The lowest BCUT2D eigenvalue weighted by Crippen LogP contribution is -1.95.